The molecule has 0 saturated heterocycles. The largest absolute Gasteiger partial charge is 0.371 e. The lowest BCUT2D eigenvalue weighted by atomic mass is 9.95. The Bertz CT molecular complexity index is 344. The number of hydrogen-bond donors (Lipinski definition) is 0. The molecule has 2 rings (SSSR count). The van der Waals surface area contributed by atoms with E-state index in [1.54, 1.807) is 5.57 Å². The number of rotatable bonds is 2. The molecule has 0 saturated carbocycles. The molecule has 0 amide bonds. The van der Waals surface area contributed by atoms with Crippen molar-refractivity contribution >= 4 is 0 Å². The van der Waals surface area contributed by atoms with E-state index < -0.39 is 0 Å². The van der Waals surface area contributed by atoms with Gasteiger partial charge in [0.25, 0.3) is 0 Å². The van der Waals surface area contributed by atoms with Crippen LogP contribution in [-0.2, 0) is 0 Å². The molecular weight excluding hydrogens is 194 g/mol. The van der Waals surface area contributed by atoms with Crippen molar-refractivity contribution in [1.29, 1.82) is 0 Å². The van der Waals surface area contributed by atoms with Crippen molar-refractivity contribution in [1.82, 2.24) is 4.90 Å². The Morgan fingerprint density at radius 1 is 1.12 bits per heavy atom. The Balaban J connectivity index is 2.00. The second kappa shape index (κ2) is 4.90. The van der Waals surface area contributed by atoms with Gasteiger partial charge in [-0.25, -0.2) is 0 Å². The van der Waals surface area contributed by atoms with Crippen molar-refractivity contribution in [3.63, 3.8) is 0 Å². The second-order valence-electron chi connectivity index (χ2n) is 5.30. The highest BCUT2D eigenvalue weighted by Crippen LogP contribution is 2.25. The van der Waals surface area contributed by atoms with Crippen LogP contribution in [0.2, 0.25) is 0 Å². The van der Waals surface area contributed by atoms with Crippen LogP contribution >= 0.6 is 0 Å². The molecule has 1 nitrogen and oxygen atoms in total. The number of nitrogens with zero attached hydrogens (tertiary/aromatic N) is 1. The van der Waals surface area contributed by atoms with Crippen LogP contribution in [0.1, 0.15) is 40.0 Å². The normalized spacial score (nSPS) is 21.8. The summed E-state index contributed by atoms with van der Waals surface area (Å²) in [4.78, 5) is 2.54. The number of hydrogen-bond acceptors (Lipinski definition) is 1. The highest BCUT2D eigenvalue weighted by molar-refractivity contribution is 5.24. The molecule has 0 N–H and O–H groups in total. The van der Waals surface area contributed by atoms with Gasteiger partial charge in [-0.1, -0.05) is 37.1 Å². The van der Waals surface area contributed by atoms with Crippen LogP contribution in [0.25, 0.3) is 0 Å². The fourth-order valence-electron chi connectivity index (χ4n) is 2.46. The average Bonchev–Trinajstić information content (AvgIpc) is 2.30. The van der Waals surface area contributed by atoms with Crippen LogP contribution in [0.5, 0.6) is 0 Å². The number of allylic oxidation sites excluding steroid dienone is 4. The van der Waals surface area contributed by atoms with Crippen molar-refractivity contribution in [2.45, 2.75) is 40.0 Å². The lowest BCUT2D eigenvalue weighted by molar-refractivity contribution is 0.346. The summed E-state index contributed by atoms with van der Waals surface area (Å²) < 4.78 is 0. The summed E-state index contributed by atoms with van der Waals surface area (Å²) >= 11 is 0. The predicted molar refractivity (Wildman–Crippen MR) is 70.2 cm³/mol. The molecule has 1 heteroatoms. The summed E-state index contributed by atoms with van der Waals surface area (Å²) in [5.41, 5.74) is 4.68. The average molecular weight is 217 g/mol. The molecule has 0 spiro atoms. The molecule has 88 valence electrons. The fraction of sp³-hybridized carbons (Fsp3) is 0.600. The van der Waals surface area contributed by atoms with Crippen molar-refractivity contribution in [2.75, 3.05) is 13.1 Å². The summed E-state index contributed by atoms with van der Waals surface area (Å²) in [5, 5.41) is 0. The molecule has 1 aliphatic heterocycles. The maximum atomic E-state index is 2.54. The van der Waals surface area contributed by atoms with E-state index >= 15 is 0 Å². The van der Waals surface area contributed by atoms with E-state index in [2.05, 4.69) is 43.9 Å². The van der Waals surface area contributed by atoms with Crippen LogP contribution in [0, 0.1) is 5.92 Å². The molecule has 0 unspecified atom stereocenters. The van der Waals surface area contributed by atoms with Gasteiger partial charge >= 0.3 is 0 Å². The van der Waals surface area contributed by atoms with Crippen LogP contribution in [0.15, 0.2) is 35.1 Å². The van der Waals surface area contributed by atoms with Gasteiger partial charge in [-0.15, -0.1) is 0 Å². The van der Waals surface area contributed by atoms with Crippen LogP contribution in [0.3, 0.4) is 0 Å². The van der Waals surface area contributed by atoms with Gasteiger partial charge in [-0.05, 0) is 38.2 Å². The molecule has 0 radical (unpaired) electrons. The van der Waals surface area contributed by atoms with Crippen LogP contribution < -0.4 is 0 Å². The maximum Gasteiger partial charge on any atom is 0.0359 e. The first-order chi connectivity index (χ1) is 7.66. The summed E-state index contributed by atoms with van der Waals surface area (Å²) in [6.07, 6.45) is 10.7. The quantitative estimate of drug-likeness (QED) is 0.634. The summed E-state index contributed by atoms with van der Waals surface area (Å²) in [6.45, 7) is 9.15. The van der Waals surface area contributed by atoms with Crippen molar-refractivity contribution < 1.29 is 0 Å². The Hall–Kier alpha value is -0.980. The highest BCUT2D eigenvalue weighted by atomic mass is 15.1. The van der Waals surface area contributed by atoms with Gasteiger partial charge in [0.15, 0.2) is 0 Å². The maximum absolute atomic E-state index is 2.54. The Labute approximate surface area is 99.5 Å². The molecule has 16 heavy (non-hydrogen) atoms. The third-order valence-corrected chi connectivity index (χ3v) is 3.73. The smallest absolute Gasteiger partial charge is 0.0359 e. The second-order valence-corrected chi connectivity index (χ2v) is 5.30. The molecule has 0 fully saturated rings. The van der Waals surface area contributed by atoms with E-state index in [9.17, 15) is 0 Å². The van der Waals surface area contributed by atoms with Crippen molar-refractivity contribution in [3.8, 4) is 0 Å². The fourth-order valence-corrected chi connectivity index (χ4v) is 2.46. The first kappa shape index (κ1) is 11.5. The van der Waals surface area contributed by atoms with Gasteiger partial charge in [0.2, 0.25) is 0 Å². The zero-order chi connectivity index (χ0) is 11.5. The minimum absolute atomic E-state index is 0.727. The standard InChI is InChI=1S/C15H23N/c1-12(2)14-8-10-16(11-9-14)15-6-4-13(3)5-7-15/h4,6,8,12H,5,7,9-11H2,1-3H3. The van der Waals surface area contributed by atoms with E-state index in [0.29, 0.717) is 0 Å². The molecule has 0 bridgehead atoms. The molecule has 0 aromatic heterocycles. The van der Waals surface area contributed by atoms with Gasteiger partial charge in [-0.2, -0.15) is 0 Å². The van der Waals surface area contributed by atoms with Crippen molar-refractivity contribution in [2.24, 2.45) is 5.92 Å². The van der Waals surface area contributed by atoms with Crippen LogP contribution in [-0.4, -0.2) is 18.0 Å². The van der Waals surface area contributed by atoms with E-state index in [1.165, 1.54) is 37.1 Å². The lowest BCUT2D eigenvalue weighted by Gasteiger charge is -2.32. The monoisotopic (exact) mass is 217 g/mol. The molecule has 0 aromatic rings. The molecule has 0 aromatic carbocycles. The third kappa shape index (κ3) is 2.58. The van der Waals surface area contributed by atoms with Gasteiger partial charge < -0.3 is 4.90 Å². The van der Waals surface area contributed by atoms with Gasteiger partial charge in [0.1, 0.15) is 0 Å². The summed E-state index contributed by atoms with van der Waals surface area (Å²) in [6, 6.07) is 0. The van der Waals surface area contributed by atoms with E-state index in [-0.39, 0.29) is 0 Å². The Morgan fingerprint density at radius 2 is 1.94 bits per heavy atom. The summed E-state index contributed by atoms with van der Waals surface area (Å²) in [5.74, 6) is 0.727. The zero-order valence-corrected chi connectivity index (χ0v) is 10.8. The predicted octanol–water partition coefficient (Wildman–Crippen LogP) is 3.90. The van der Waals surface area contributed by atoms with E-state index in [1.807, 2.05) is 0 Å². The minimum atomic E-state index is 0.727. The van der Waals surface area contributed by atoms with E-state index in [0.717, 1.165) is 12.5 Å². The van der Waals surface area contributed by atoms with E-state index in [4.69, 9.17) is 0 Å². The van der Waals surface area contributed by atoms with Crippen molar-refractivity contribution in [3.05, 3.63) is 35.1 Å². The minimum Gasteiger partial charge on any atom is -0.371 e. The topological polar surface area (TPSA) is 3.24 Å². The highest BCUT2D eigenvalue weighted by Gasteiger charge is 2.16. The molecule has 1 heterocycles. The molecule has 1 aliphatic carbocycles. The van der Waals surface area contributed by atoms with Gasteiger partial charge in [0.05, 0.1) is 0 Å². The molecular formula is C15H23N. The Morgan fingerprint density at radius 3 is 2.44 bits per heavy atom. The lowest BCUT2D eigenvalue weighted by Crippen LogP contribution is -2.29. The zero-order valence-electron chi connectivity index (χ0n) is 10.8. The van der Waals surface area contributed by atoms with Gasteiger partial charge in [0, 0.05) is 18.8 Å². The van der Waals surface area contributed by atoms with Crippen LogP contribution in [0.4, 0.5) is 0 Å². The summed E-state index contributed by atoms with van der Waals surface area (Å²) in [7, 11) is 0. The molecule has 2 aliphatic rings. The third-order valence-electron chi connectivity index (χ3n) is 3.73. The SMILES string of the molecule is CC1=CC=C(N2CC=C(C(C)C)CC2)CC1. The first-order valence-electron chi connectivity index (χ1n) is 6.47. The molecule has 0 atom stereocenters. The Kier molecular flexibility index (Phi) is 3.52. The first-order valence-corrected chi connectivity index (χ1v) is 6.47. The van der Waals surface area contributed by atoms with Gasteiger partial charge in [-0.3, -0.25) is 0 Å².